The molecule has 110 valence electrons. The van der Waals surface area contributed by atoms with Gasteiger partial charge in [-0.25, -0.2) is 13.6 Å². The Morgan fingerprint density at radius 2 is 2.25 bits per heavy atom. The molecule has 0 aromatic heterocycles. The molecule has 2 atom stereocenters. The van der Waals surface area contributed by atoms with Crippen LogP contribution < -0.4 is 11.1 Å². The highest BCUT2D eigenvalue weighted by Gasteiger charge is 2.35. The second-order valence-corrected chi connectivity index (χ2v) is 4.58. The van der Waals surface area contributed by atoms with Gasteiger partial charge in [0.15, 0.2) is 0 Å². The Balaban J connectivity index is 2.18. The van der Waals surface area contributed by atoms with E-state index in [1.165, 1.54) is 25.3 Å². The largest absolute Gasteiger partial charge is 0.465 e. The van der Waals surface area contributed by atoms with Gasteiger partial charge in [-0.15, -0.1) is 0 Å². The number of carbonyl (C=O) groups is 1. The molecular weight excluding hydrogens is 270 g/mol. The SMILES string of the molecule is COC(=O)c1ccc(N)c(N[C@@H]2COC[C@H]2C(F)F)c1. The summed E-state index contributed by atoms with van der Waals surface area (Å²) >= 11 is 0. The number of methoxy groups -OCH3 is 1. The van der Waals surface area contributed by atoms with Gasteiger partial charge in [-0.2, -0.15) is 0 Å². The Bertz CT molecular complexity index is 497. The Labute approximate surface area is 115 Å². The van der Waals surface area contributed by atoms with Crippen molar-refractivity contribution in [2.75, 3.05) is 31.4 Å². The number of hydrogen-bond acceptors (Lipinski definition) is 5. The highest BCUT2D eigenvalue weighted by molar-refractivity contribution is 5.92. The third kappa shape index (κ3) is 2.98. The molecule has 1 aliphatic heterocycles. The van der Waals surface area contributed by atoms with E-state index in [1.807, 2.05) is 0 Å². The fraction of sp³-hybridized carbons (Fsp3) is 0.462. The lowest BCUT2D eigenvalue weighted by atomic mass is 10.0. The number of halogens is 2. The minimum Gasteiger partial charge on any atom is -0.465 e. The third-order valence-corrected chi connectivity index (χ3v) is 3.26. The standard InChI is InChI=1S/C13H16F2N2O3/c1-19-13(18)7-2-3-9(16)10(4-7)17-11-6-20-5-8(11)12(14)15/h2-4,8,11-12,17H,5-6,16H2,1H3/t8-,11-/m1/s1. The minimum absolute atomic E-state index is 0.00588. The summed E-state index contributed by atoms with van der Waals surface area (Å²) in [4.78, 5) is 11.5. The van der Waals surface area contributed by atoms with Crippen molar-refractivity contribution in [2.45, 2.75) is 12.5 Å². The molecule has 1 aromatic rings. The molecule has 0 amide bonds. The van der Waals surface area contributed by atoms with Crippen molar-refractivity contribution < 1.29 is 23.0 Å². The molecule has 3 N–H and O–H groups in total. The zero-order valence-corrected chi connectivity index (χ0v) is 10.9. The first-order valence-electron chi connectivity index (χ1n) is 6.13. The average molecular weight is 286 g/mol. The maximum atomic E-state index is 12.8. The van der Waals surface area contributed by atoms with Crippen LogP contribution in [0.3, 0.4) is 0 Å². The van der Waals surface area contributed by atoms with Crippen LogP contribution in [-0.2, 0) is 9.47 Å². The van der Waals surface area contributed by atoms with Crippen LogP contribution in [0, 0.1) is 5.92 Å². The number of benzene rings is 1. The fourth-order valence-corrected chi connectivity index (χ4v) is 2.09. The van der Waals surface area contributed by atoms with E-state index in [-0.39, 0.29) is 13.2 Å². The van der Waals surface area contributed by atoms with Gasteiger partial charge in [0.05, 0.1) is 49.2 Å². The number of rotatable bonds is 4. The maximum absolute atomic E-state index is 12.8. The van der Waals surface area contributed by atoms with Crippen LogP contribution in [0.4, 0.5) is 20.2 Å². The summed E-state index contributed by atoms with van der Waals surface area (Å²) in [5.74, 6) is -1.41. The Morgan fingerprint density at radius 1 is 1.50 bits per heavy atom. The van der Waals surface area contributed by atoms with E-state index in [0.29, 0.717) is 16.9 Å². The second kappa shape index (κ2) is 6.04. The monoisotopic (exact) mass is 286 g/mol. The summed E-state index contributed by atoms with van der Waals surface area (Å²) in [5, 5.41) is 2.92. The molecule has 1 aliphatic rings. The molecular formula is C13H16F2N2O3. The van der Waals surface area contributed by atoms with Crippen molar-refractivity contribution in [1.29, 1.82) is 0 Å². The third-order valence-electron chi connectivity index (χ3n) is 3.26. The van der Waals surface area contributed by atoms with Gasteiger partial charge in [-0.05, 0) is 18.2 Å². The van der Waals surface area contributed by atoms with Gasteiger partial charge >= 0.3 is 5.97 Å². The van der Waals surface area contributed by atoms with E-state index in [1.54, 1.807) is 0 Å². The molecule has 20 heavy (non-hydrogen) atoms. The first kappa shape index (κ1) is 14.5. The predicted octanol–water partition coefficient (Wildman–Crippen LogP) is 1.75. The van der Waals surface area contributed by atoms with Crippen LogP contribution >= 0.6 is 0 Å². The minimum atomic E-state index is -2.47. The van der Waals surface area contributed by atoms with Gasteiger partial charge in [-0.1, -0.05) is 0 Å². The molecule has 0 unspecified atom stereocenters. The molecule has 0 bridgehead atoms. The quantitative estimate of drug-likeness (QED) is 0.651. The van der Waals surface area contributed by atoms with Crippen molar-refractivity contribution >= 4 is 17.3 Å². The number of alkyl halides is 2. The molecule has 1 saturated heterocycles. The van der Waals surface area contributed by atoms with Crippen molar-refractivity contribution in [2.24, 2.45) is 5.92 Å². The van der Waals surface area contributed by atoms with Crippen LogP contribution in [0.1, 0.15) is 10.4 Å². The van der Waals surface area contributed by atoms with Crippen LogP contribution in [0.5, 0.6) is 0 Å². The normalized spacial score (nSPS) is 22.0. The molecule has 1 fully saturated rings. The predicted molar refractivity (Wildman–Crippen MR) is 69.9 cm³/mol. The van der Waals surface area contributed by atoms with Gasteiger partial charge in [0.1, 0.15) is 0 Å². The van der Waals surface area contributed by atoms with Gasteiger partial charge in [0.25, 0.3) is 0 Å². The van der Waals surface area contributed by atoms with Gasteiger partial charge in [0.2, 0.25) is 6.43 Å². The van der Waals surface area contributed by atoms with E-state index in [2.05, 4.69) is 10.1 Å². The number of hydrogen-bond donors (Lipinski definition) is 2. The molecule has 0 saturated carbocycles. The lowest BCUT2D eigenvalue weighted by Crippen LogP contribution is -2.32. The first-order chi connectivity index (χ1) is 9.52. The lowest BCUT2D eigenvalue weighted by molar-refractivity contribution is 0.0599. The lowest BCUT2D eigenvalue weighted by Gasteiger charge is -2.20. The van der Waals surface area contributed by atoms with Gasteiger partial charge < -0.3 is 20.5 Å². The van der Waals surface area contributed by atoms with Crippen molar-refractivity contribution in [3.05, 3.63) is 23.8 Å². The molecule has 0 aliphatic carbocycles. The van der Waals surface area contributed by atoms with E-state index in [4.69, 9.17) is 10.5 Å². The number of nitrogen functional groups attached to an aromatic ring is 1. The van der Waals surface area contributed by atoms with E-state index >= 15 is 0 Å². The van der Waals surface area contributed by atoms with Crippen molar-refractivity contribution in [1.82, 2.24) is 0 Å². The van der Waals surface area contributed by atoms with E-state index in [0.717, 1.165) is 0 Å². The van der Waals surface area contributed by atoms with Crippen LogP contribution in [0.2, 0.25) is 0 Å². The van der Waals surface area contributed by atoms with Crippen LogP contribution in [0.15, 0.2) is 18.2 Å². The molecule has 7 heteroatoms. The van der Waals surface area contributed by atoms with E-state index in [9.17, 15) is 13.6 Å². The smallest absolute Gasteiger partial charge is 0.337 e. The summed E-state index contributed by atoms with van der Waals surface area (Å²) in [6.45, 7) is 0.183. The first-order valence-corrected chi connectivity index (χ1v) is 6.13. The average Bonchev–Trinajstić information content (AvgIpc) is 2.88. The van der Waals surface area contributed by atoms with Crippen molar-refractivity contribution in [3.63, 3.8) is 0 Å². The number of nitrogens with one attached hydrogen (secondary N) is 1. The summed E-state index contributed by atoms with van der Waals surface area (Å²) in [5.41, 5.74) is 6.89. The summed E-state index contributed by atoms with van der Waals surface area (Å²) in [7, 11) is 1.27. The molecule has 0 spiro atoms. The zero-order valence-electron chi connectivity index (χ0n) is 10.9. The summed E-state index contributed by atoms with van der Waals surface area (Å²) in [6, 6.07) is 4.00. The molecule has 0 radical (unpaired) electrons. The highest BCUT2D eigenvalue weighted by atomic mass is 19.3. The Kier molecular flexibility index (Phi) is 4.39. The van der Waals surface area contributed by atoms with E-state index < -0.39 is 24.4 Å². The van der Waals surface area contributed by atoms with Crippen LogP contribution in [-0.4, -0.2) is 38.8 Å². The number of ether oxygens (including phenoxy) is 2. The molecule has 2 rings (SSSR count). The van der Waals surface area contributed by atoms with Crippen LogP contribution in [0.25, 0.3) is 0 Å². The summed E-state index contributed by atoms with van der Waals surface area (Å²) in [6.07, 6.45) is -2.47. The zero-order chi connectivity index (χ0) is 14.7. The highest BCUT2D eigenvalue weighted by Crippen LogP contribution is 2.28. The topological polar surface area (TPSA) is 73.6 Å². The maximum Gasteiger partial charge on any atom is 0.337 e. The number of nitrogens with two attached hydrogens (primary N) is 1. The Hall–Kier alpha value is -1.89. The molecule has 5 nitrogen and oxygen atoms in total. The van der Waals surface area contributed by atoms with Gasteiger partial charge in [0, 0.05) is 0 Å². The second-order valence-electron chi connectivity index (χ2n) is 4.58. The molecule has 1 aromatic carbocycles. The summed E-state index contributed by atoms with van der Waals surface area (Å²) < 4.78 is 35.3. The number of carbonyl (C=O) groups excluding carboxylic acids is 1. The van der Waals surface area contributed by atoms with Crippen molar-refractivity contribution in [3.8, 4) is 0 Å². The number of esters is 1. The molecule has 1 heterocycles. The Morgan fingerprint density at radius 3 is 2.90 bits per heavy atom. The van der Waals surface area contributed by atoms with Gasteiger partial charge in [-0.3, -0.25) is 0 Å². The number of anilines is 2. The fourth-order valence-electron chi connectivity index (χ4n) is 2.09.